The molecule has 1 unspecified atom stereocenters. The second-order valence-corrected chi connectivity index (χ2v) is 6.82. The Hall–Kier alpha value is -2.15. The summed E-state index contributed by atoms with van der Waals surface area (Å²) in [6.45, 7) is 0. The number of aryl methyl sites for hydroxylation is 1. The minimum atomic E-state index is -1.04. The molecule has 2 heterocycles. The van der Waals surface area contributed by atoms with E-state index in [4.69, 9.17) is 14.6 Å². The Morgan fingerprint density at radius 3 is 2.83 bits per heavy atom. The number of hydrogen-bond donors (Lipinski definition) is 1. The lowest BCUT2D eigenvalue weighted by molar-refractivity contribution is 0.0689. The van der Waals surface area contributed by atoms with Gasteiger partial charge in [0.25, 0.3) is 0 Å². The minimum absolute atomic E-state index is 0.0195. The molecule has 1 aliphatic heterocycles. The minimum Gasteiger partial charge on any atom is -0.493 e. The number of carbonyl (C=O) groups is 1. The second-order valence-electron chi connectivity index (χ2n) is 5.67. The van der Waals surface area contributed by atoms with Crippen LogP contribution < -0.4 is 9.47 Å². The van der Waals surface area contributed by atoms with Gasteiger partial charge in [-0.1, -0.05) is 0 Å². The number of carboxylic acids is 1. The van der Waals surface area contributed by atoms with Crippen molar-refractivity contribution in [2.45, 2.75) is 18.9 Å². The van der Waals surface area contributed by atoms with Crippen LogP contribution in [-0.4, -0.2) is 45.6 Å². The summed E-state index contributed by atoms with van der Waals surface area (Å²) in [6.07, 6.45) is 2.43. The molecule has 0 bridgehead atoms. The van der Waals surface area contributed by atoms with Gasteiger partial charge < -0.3 is 14.6 Å². The molecule has 6 nitrogen and oxygen atoms in total. The number of carboxylic acid groups (broad SMARTS) is 1. The van der Waals surface area contributed by atoms with Crippen LogP contribution in [0.4, 0.5) is 0 Å². The SMILES string of the molecule is COc1cc(-c2cc(C(=O)O)nn2C)ccc1OC1CCCSC1. The molecule has 0 radical (unpaired) electrons. The number of aromatic nitrogens is 2. The predicted octanol–water partition coefficient (Wildman–Crippen LogP) is 3.07. The monoisotopic (exact) mass is 348 g/mol. The zero-order chi connectivity index (χ0) is 17.1. The molecule has 2 aromatic rings. The van der Waals surface area contributed by atoms with E-state index >= 15 is 0 Å². The Morgan fingerprint density at radius 1 is 1.38 bits per heavy atom. The quantitative estimate of drug-likeness (QED) is 0.895. The number of thioether (sulfide) groups is 1. The van der Waals surface area contributed by atoms with E-state index in [1.165, 1.54) is 12.2 Å². The summed E-state index contributed by atoms with van der Waals surface area (Å²) in [4.78, 5) is 11.1. The van der Waals surface area contributed by atoms with Crippen LogP contribution in [0.2, 0.25) is 0 Å². The van der Waals surface area contributed by atoms with Crippen LogP contribution in [0.5, 0.6) is 11.5 Å². The molecule has 1 fully saturated rings. The van der Waals surface area contributed by atoms with Crippen LogP contribution in [0.3, 0.4) is 0 Å². The number of benzene rings is 1. The predicted molar refractivity (Wildman–Crippen MR) is 93.1 cm³/mol. The molecule has 1 atom stereocenters. The van der Waals surface area contributed by atoms with E-state index < -0.39 is 5.97 Å². The summed E-state index contributed by atoms with van der Waals surface area (Å²) in [5, 5.41) is 13.1. The van der Waals surface area contributed by atoms with Crippen LogP contribution in [0.25, 0.3) is 11.3 Å². The molecule has 0 spiro atoms. The zero-order valence-electron chi connectivity index (χ0n) is 13.7. The van der Waals surface area contributed by atoms with Crippen molar-refractivity contribution in [2.24, 2.45) is 7.05 Å². The standard InChI is InChI=1S/C17H20N2O4S/c1-19-14(9-13(18-19)17(20)21)11-5-6-15(16(8-11)22-2)23-12-4-3-7-24-10-12/h5-6,8-9,12H,3-4,7,10H2,1-2H3,(H,20,21). The molecular weight excluding hydrogens is 328 g/mol. The van der Waals surface area contributed by atoms with E-state index in [0.717, 1.165) is 23.5 Å². The molecule has 1 saturated heterocycles. The topological polar surface area (TPSA) is 73.6 Å². The largest absolute Gasteiger partial charge is 0.493 e. The third-order valence-electron chi connectivity index (χ3n) is 3.97. The van der Waals surface area contributed by atoms with Gasteiger partial charge in [0.1, 0.15) is 6.10 Å². The highest BCUT2D eigenvalue weighted by molar-refractivity contribution is 7.99. The molecule has 1 N–H and O–H groups in total. The molecule has 128 valence electrons. The van der Waals surface area contributed by atoms with Crippen LogP contribution >= 0.6 is 11.8 Å². The molecular formula is C17H20N2O4S. The van der Waals surface area contributed by atoms with Crippen molar-refractivity contribution in [2.75, 3.05) is 18.6 Å². The maximum atomic E-state index is 11.1. The van der Waals surface area contributed by atoms with E-state index in [-0.39, 0.29) is 11.8 Å². The molecule has 0 amide bonds. The maximum Gasteiger partial charge on any atom is 0.356 e. The summed E-state index contributed by atoms with van der Waals surface area (Å²) in [5.74, 6) is 2.51. The summed E-state index contributed by atoms with van der Waals surface area (Å²) < 4.78 is 13.1. The van der Waals surface area contributed by atoms with Crippen molar-refractivity contribution in [1.29, 1.82) is 0 Å². The van der Waals surface area contributed by atoms with Gasteiger partial charge in [-0.25, -0.2) is 4.79 Å². The first kappa shape index (κ1) is 16.7. The Bertz CT molecular complexity index is 738. The summed E-state index contributed by atoms with van der Waals surface area (Å²) in [6, 6.07) is 7.18. The number of nitrogens with zero attached hydrogens (tertiary/aromatic N) is 2. The normalized spacial score (nSPS) is 17.5. The van der Waals surface area contributed by atoms with Crippen LogP contribution in [0.15, 0.2) is 24.3 Å². The van der Waals surface area contributed by atoms with Crippen LogP contribution in [0, 0.1) is 0 Å². The van der Waals surface area contributed by atoms with Gasteiger partial charge in [0, 0.05) is 18.4 Å². The zero-order valence-corrected chi connectivity index (χ0v) is 14.5. The highest BCUT2D eigenvalue weighted by Crippen LogP contribution is 2.34. The van der Waals surface area contributed by atoms with E-state index in [9.17, 15) is 4.79 Å². The first-order valence-corrected chi connectivity index (χ1v) is 8.94. The summed E-state index contributed by atoms with van der Waals surface area (Å²) in [7, 11) is 3.32. The first-order chi connectivity index (χ1) is 11.6. The van der Waals surface area contributed by atoms with E-state index in [2.05, 4.69) is 5.10 Å². The fourth-order valence-electron chi connectivity index (χ4n) is 2.75. The lowest BCUT2D eigenvalue weighted by Gasteiger charge is -2.23. The van der Waals surface area contributed by atoms with Crippen molar-refractivity contribution in [3.8, 4) is 22.8 Å². The van der Waals surface area contributed by atoms with Gasteiger partial charge in [-0.3, -0.25) is 4.68 Å². The molecule has 0 saturated carbocycles. The van der Waals surface area contributed by atoms with E-state index in [1.54, 1.807) is 24.9 Å². The molecule has 1 aliphatic rings. The van der Waals surface area contributed by atoms with Gasteiger partial charge in [0.2, 0.25) is 0 Å². The first-order valence-electron chi connectivity index (χ1n) is 7.78. The molecule has 0 aliphatic carbocycles. The van der Waals surface area contributed by atoms with Gasteiger partial charge in [0.15, 0.2) is 17.2 Å². The van der Waals surface area contributed by atoms with E-state index in [1.807, 2.05) is 30.0 Å². The van der Waals surface area contributed by atoms with Crippen molar-refractivity contribution in [3.63, 3.8) is 0 Å². The Kier molecular flexibility index (Phi) is 4.99. The molecule has 7 heteroatoms. The van der Waals surface area contributed by atoms with Crippen molar-refractivity contribution in [3.05, 3.63) is 30.0 Å². The third kappa shape index (κ3) is 3.51. The van der Waals surface area contributed by atoms with E-state index in [0.29, 0.717) is 11.4 Å². The van der Waals surface area contributed by atoms with Crippen molar-refractivity contribution in [1.82, 2.24) is 9.78 Å². The Balaban J connectivity index is 1.87. The van der Waals surface area contributed by atoms with Gasteiger partial charge in [-0.15, -0.1) is 0 Å². The number of methoxy groups -OCH3 is 1. The van der Waals surface area contributed by atoms with Gasteiger partial charge in [0.05, 0.1) is 12.8 Å². The second kappa shape index (κ2) is 7.17. The maximum absolute atomic E-state index is 11.1. The highest BCUT2D eigenvalue weighted by atomic mass is 32.2. The van der Waals surface area contributed by atoms with Crippen LogP contribution in [0.1, 0.15) is 23.3 Å². The third-order valence-corrected chi connectivity index (χ3v) is 5.16. The molecule has 3 rings (SSSR count). The lowest BCUT2D eigenvalue weighted by Crippen LogP contribution is -2.23. The number of rotatable bonds is 5. The molecule has 1 aromatic carbocycles. The van der Waals surface area contributed by atoms with Gasteiger partial charge in [-0.2, -0.15) is 16.9 Å². The molecule has 24 heavy (non-hydrogen) atoms. The average Bonchev–Trinajstić information content (AvgIpc) is 2.98. The number of hydrogen-bond acceptors (Lipinski definition) is 5. The summed E-state index contributed by atoms with van der Waals surface area (Å²) in [5.41, 5.74) is 1.57. The van der Waals surface area contributed by atoms with Crippen molar-refractivity contribution < 1.29 is 19.4 Å². The summed E-state index contributed by atoms with van der Waals surface area (Å²) >= 11 is 1.91. The van der Waals surface area contributed by atoms with Gasteiger partial charge >= 0.3 is 5.97 Å². The Labute approximate surface area is 144 Å². The Morgan fingerprint density at radius 2 is 2.21 bits per heavy atom. The molecule has 1 aromatic heterocycles. The lowest BCUT2D eigenvalue weighted by atomic mass is 10.1. The number of aromatic carboxylic acids is 1. The fraction of sp³-hybridized carbons (Fsp3) is 0.412. The average molecular weight is 348 g/mol. The van der Waals surface area contributed by atoms with Crippen LogP contribution in [-0.2, 0) is 7.05 Å². The van der Waals surface area contributed by atoms with Crippen molar-refractivity contribution >= 4 is 17.7 Å². The highest BCUT2D eigenvalue weighted by Gasteiger charge is 2.19. The fourth-order valence-corrected chi connectivity index (χ4v) is 3.78. The van der Waals surface area contributed by atoms with Gasteiger partial charge in [-0.05, 0) is 42.9 Å². The smallest absolute Gasteiger partial charge is 0.356 e. The number of ether oxygens (including phenoxy) is 2.